The molecule has 26 heavy (non-hydrogen) atoms. The molecule has 0 aromatic heterocycles. The van der Waals surface area contributed by atoms with E-state index in [0.29, 0.717) is 5.92 Å². The molecule has 2 aliphatic rings. The Morgan fingerprint density at radius 2 is 1.38 bits per heavy atom. The minimum absolute atomic E-state index is 0.126. The number of hydrogen-bond acceptors (Lipinski definition) is 1. The summed E-state index contributed by atoms with van der Waals surface area (Å²) in [6.45, 7) is 2.29. The fourth-order valence-corrected chi connectivity index (χ4v) is 5.22. The highest BCUT2D eigenvalue weighted by Crippen LogP contribution is 2.44. The first-order valence-corrected chi connectivity index (χ1v) is 10.3. The predicted octanol–water partition coefficient (Wildman–Crippen LogP) is 7.47. The molecule has 0 saturated heterocycles. The Morgan fingerprint density at radius 1 is 0.846 bits per heavy atom. The minimum atomic E-state index is -4.62. The third kappa shape index (κ3) is 5.40. The number of ether oxygens (including phenoxy) is 1. The summed E-state index contributed by atoms with van der Waals surface area (Å²) in [7, 11) is 0. The van der Waals surface area contributed by atoms with Crippen molar-refractivity contribution in [2.45, 2.75) is 83.4 Å². The molecule has 2 fully saturated rings. The van der Waals surface area contributed by atoms with Crippen LogP contribution in [0.15, 0.2) is 24.3 Å². The minimum Gasteiger partial charge on any atom is -0.406 e. The Bertz CT molecular complexity index is 536. The van der Waals surface area contributed by atoms with E-state index in [1.165, 1.54) is 76.3 Å². The first kappa shape index (κ1) is 19.6. The van der Waals surface area contributed by atoms with Crippen molar-refractivity contribution in [2.75, 3.05) is 0 Å². The molecule has 2 saturated carbocycles. The van der Waals surface area contributed by atoms with Gasteiger partial charge in [0.15, 0.2) is 0 Å². The van der Waals surface area contributed by atoms with Gasteiger partial charge in [0.1, 0.15) is 5.75 Å². The zero-order chi connectivity index (χ0) is 18.6. The van der Waals surface area contributed by atoms with Gasteiger partial charge in [-0.15, -0.1) is 13.2 Å². The molecule has 0 aliphatic heterocycles. The molecule has 1 aromatic carbocycles. The molecule has 2 aliphatic carbocycles. The molecule has 0 N–H and O–H groups in total. The van der Waals surface area contributed by atoms with E-state index in [-0.39, 0.29) is 5.75 Å². The van der Waals surface area contributed by atoms with Crippen molar-refractivity contribution in [2.24, 2.45) is 17.8 Å². The number of alkyl halides is 3. The molecule has 146 valence electrons. The normalized spacial score (nSPS) is 30.2. The summed E-state index contributed by atoms with van der Waals surface area (Å²) < 4.78 is 40.8. The molecule has 0 radical (unpaired) electrons. The highest BCUT2D eigenvalue weighted by Gasteiger charge is 2.32. The summed E-state index contributed by atoms with van der Waals surface area (Å²) in [6.07, 6.45) is 8.61. The van der Waals surface area contributed by atoms with Crippen molar-refractivity contribution in [1.29, 1.82) is 0 Å². The van der Waals surface area contributed by atoms with Crippen molar-refractivity contribution >= 4 is 0 Å². The van der Waals surface area contributed by atoms with E-state index in [1.807, 2.05) is 12.1 Å². The van der Waals surface area contributed by atoms with Crippen LogP contribution in [0.1, 0.15) is 82.6 Å². The number of benzene rings is 1. The van der Waals surface area contributed by atoms with E-state index in [0.717, 1.165) is 23.3 Å². The molecule has 4 heteroatoms. The van der Waals surface area contributed by atoms with Gasteiger partial charge in [0, 0.05) is 0 Å². The van der Waals surface area contributed by atoms with E-state index in [9.17, 15) is 13.2 Å². The van der Waals surface area contributed by atoms with Crippen molar-refractivity contribution in [1.82, 2.24) is 0 Å². The van der Waals surface area contributed by atoms with Gasteiger partial charge in [-0.3, -0.25) is 0 Å². The largest absolute Gasteiger partial charge is 0.573 e. The van der Waals surface area contributed by atoms with Crippen LogP contribution in [0.3, 0.4) is 0 Å². The van der Waals surface area contributed by atoms with E-state index in [1.54, 1.807) is 0 Å². The lowest BCUT2D eigenvalue weighted by atomic mass is 9.68. The van der Waals surface area contributed by atoms with Gasteiger partial charge in [-0.25, -0.2) is 0 Å². The molecule has 1 aromatic rings. The van der Waals surface area contributed by atoms with Crippen LogP contribution in [0.4, 0.5) is 13.2 Å². The highest BCUT2D eigenvalue weighted by molar-refractivity contribution is 5.29. The predicted molar refractivity (Wildman–Crippen MR) is 98.2 cm³/mol. The van der Waals surface area contributed by atoms with Crippen LogP contribution in [0, 0.1) is 17.8 Å². The average Bonchev–Trinajstić information content (AvgIpc) is 2.62. The Hall–Kier alpha value is -1.19. The molecule has 0 spiro atoms. The maximum atomic E-state index is 12.3. The first-order chi connectivity index (χ1) is 12.4. The lowest BCUT2D eigenvalue weighted by molar-refractivity contribution is -0.274. The van der Waals surface area contributed by atoms with E-state index < -0.39 is 6.36 Å². The standard InChI is InChI=1S/C22H31F3O/c1-2-3-16-4-6-17(7-5-16)18-8-10-19(11-9-18)20-12-14-21(15-13-20)26-22(23,24)25/h12-19H,2-11H2,1H3. The summed E-state index contributed by atoms with van der Waals surface area (Å²) in [4.78, 5) is 0. The van der Waals surface area contributed by atoms with Crippen LogP contribution in [-0.4, -0.2) is 6.36 Å². The van der Waals surface area contributed by atoms with Gasteiger partial charge in [0.05, 0.1) is 0 Å². The van der Waals surface area contributed by atoms with Crippen LogP contribution >= 0.6 is 0 Å². The second-order valence-electron chi connectivity index (χ2n) is 8.30. The third-order valence-corrected chi connectivity index (χ3v) is 6.61. The zero-order valence-electron chi connectivity index (χ0n) is 15.7. The van der Waals surface area contributed by atoms with Crippen molar-refractivity contribution in [3.63, 3.8) is 0 Å². The fraction of sp³-hybridized carbons (Fsp3) is 0.727. The number of rotatable bonds is 5. The average molecular weight is 368 g/mol. The molecule has 0 atom stereocenters. The van der Waals surface area contributed by atoms with Gasteiger partial charge in [0.2, 0.25) is 0 Å². The quantitative estimate of drug-likeness (QED) is 0.524. The Morgan fingerprint density at radius 3 is 1.88 bits per heavy atom. The second-order valence-corrected chi connectivity index (χ2v) is 8.30. The first-order valence-electron chi connectivity index (χ1n) is 10.3. The van der Waals surface area contributed by atoms with Gasteiger partial charge in [-0.05, 0) is 79.9 Å². The Kier molecular flexibility index (Phi) is 6.52. The fourth-order valence-electron chi connectivity index (χ4n) is 5.22. The van der Waals surface area contributed by atoms with Gasteiger partial charge >= 0.3 is 6.36 Å². The maximum Gasteiger partial charge on any atom is 0.573 e. The van der Waals surface area contributed by atoms with Gasteiger partial charge in [-0.2, -0.15) is 0 Å². The van der Waals surface area contributed by atoms with Crippen LogP contribution in [0.5, 0.6) is 5.75 Å². The summed E-state index contributed by atoms with van der Waals surface area (Å²) in [6, 6.07) is 6.51. The molecule has 0 amide bonds. The molecule has 0 heterocycles. The SMILES string of the molecule is CCCC1CCC(C2CCC(c3ccc(OC(F)(F)F)cc3)CC2)CC1. The molecule has 3 rings (SSSR count). The Labute approximate surface area is 155 Å². The zero-order valence-corrected chi connectivity index (χ0v) is 15.7. The van der Waals surface area contributed by atoms with Crippen LogP contribution in [0.25, 0.3) is 0 Å². The van der Waals surface area contributed by atoms with Gasteiger partial charge in [0.25, 0.3) is 0 Å². The molecule has 0 unspecified atom stereocenters. The van der Waals surface area contributed by atoms with Crippen molar-refractivity contribution in [3.05, 3.63) is 29.8 Å². The van der Waals surface area contributed by atoms with Gasteiger partial charge in [-0.1, -0.05) is 44.7 Å². The lowest BCUT2D eigenvalue weighted by Gasteiger charge is -2.38. The summed E-state index contributed by atoms with van der Waals surface area (Å²) in [5.74, 6) is 3.10. The smallest absolute Gasteiger partial charge is 0.406 e. The maximum absolute atomic E-state index is 12.3. The summed E-state index contributed by atoms with van der Waals surface area (Å²) in [5.41, 5.74) is 1.16. The number of halogens is 3. The molecule has 1 nitrogen and oxygen atoms in total. The molecular weight excluding hydrogens is 337 g/mol. The van der Waals surface area contributed by atoms with Gasteiger partial charge < -0.3 is 4.74 Å². The molecule has 0 bridgehead atoms. The number of hydrogen-bond donors (Lipinski definition) is 0. The monoisotopic (exact) mass is 368 g/mol. The van der Waals surface area contributed by atoms with Crippen LogP contribution < -0.4 is 4.74 Å². The molecular formula is C22H31F3O. The van der Waals surface area contributed by atoms with E-state index >= 15 is 0 Å². The summed E-state index contributed by atoms with van der Waals surface area (Å²) in [5, 5.41) is 0. The third-order valence-electron chi connectivity index (χ3n) is 6.61. The van der Waals surface area contributed by atoms with Crippen LogP contribution in [-0.2, 0) is 0 Å². The Balaban J connectivity index is 1.46. The van der Waals surface area contributed by atoms with E-state index in [4.69, 9.17) is 0 Å². The second kappa shape index (κ2) is 8.67. The lowest BCUT2D eigenvalue weighted by Crippen LogP contribution is -2.25. The van der Waals surface area contributed by atoms with Crippen molar-refractivity contribution < 1.29 is 17.9 Å². The van der Waals surface area contributed by atoms with Crippen LogP contribution in [0.2, 0.25) is 0 Å². The van der Waals surface area contributed by atoms with E-state index in [2.05, 4.69) is 11.7 Å². The van der Waals surface area contributed by atoms with Crippen molar-refractivity contribution in [3.8, 4) is 5.75 Å². The topological polar surface area (TPSA) is 9.23 Å². The highest BCUT2D eigenvalue weighted by atomic mass is 19.4. The summed E-state index contributed by atoms with van der Waals surface area (Å²) >= 11 is 0.